The predicted octanol–water partition coefficient (Wildman–Crippen LogP) is 2.64. The number of rotatable bonds is 12. The molecule has 0 fully saturated rings. The maximum atomic E-state index is 12.2. The van der Waals surface area contributed by atoms with Crippen molar-refractivity contribution in [2.45, 2.75) is 19.8 Å². The van der Waals surface area contributed by atoms with Gasteiger partial charge in [-0.05, 0) is 61.4 Å². The zero-order chi connectivity index (χ0) is 22.5. The van der Waals surface area contributed by atoms with E-state index in [4.69, 9.17) is 4.74 Å². The summed E-state index contributed by atoms with van der Waals surface area (Å²) in [7, 11) is 1.62. The lowest BCUT2D eigenvalue weighted by Crippen LogP contribution is -2.25. The van der Waals surface area contributed by atoms with Crippen LogP contribution in [-0.2, 0) is 9.53 Å². The molecule has 2 aromatic rings. The van der Waals surface area contributed by atoms with Crippen LogP contribution in [0, 0.1) is 0 Å². The smallest absolute Gasteiger partial charge is 0.251 e. The summed E-state index contributed by atoms with van der Waals surface area (Å²) < 4.78 is 4.95. The molecule has 8 nitrogen and oxygen atoms in total. The van der Waals surface area contributed by atoms with Gasteiger partial charge >= 0.3 is 0 Å². The molecule has 166 valence electrons. The Labute approximate surface area is 182 Å². The number of amides is 3. The van der Waals surface area contributed by atoms with Crippen molar-refractivity contribution < 1.29 is 19.1 Å². The van der Waals surface area contributed by atoms with Crippen molar-refractivity contribution in [3.8, 4) is 0 Å². The molecule has 0 aromatic heterocycles. The van der Waals surface area contributed by atoms with Gasteiger partial charge in [0.15, 0.2) is 0 Å². The van der Waals surface area contributed by atoms with Crippen molar-refractivity contribution in [1.29, 1.82) is 0 Å². The van der Waals surface area contributed by atoms with Crippen LogP contribution in [-0.4, -0.2) is 51.1 Å². The monoisotopic (exact) mass is 426 g/mol. The lowest BCUT2D eigenvalue weighted by atomic mass is 10.2. The van der Waals surface area contributed by atoms with Crippen LogP contribution in [0.4, 0.5) is 11.4 Å². The molecule has 0 saturated heterocycles. The fraction of sp³-hybridized carbons (Fsp3) is 0.348. The van der Waals surface area contributed by atoms with Crippen LogP contribution in [0.2, 0.25) is 0 Å². The minimum atomic E-state index is -0.219. The maximum Gasteiger partial charge on any atom is 0.251 e. The number of carbonyl (C=O) groups is 3. The number of anilines is 2. The van der Waals surface area contributed by atoms with Gasteiger partial charge in [-0.1, -0.05) is 6.92 Å². The first-order chi connectivity index (χ1) is 15.0. The van der Waals surface area contributed by atoms with Crippen molar-refractivity contribution >= 4 is 29.1 Å². The Kier molecular flexibility index (Phi) is 10.0. The fourth-order valence-corrected chi connectivity index (χ4v) is 2.69. The second-order valence-electron chi connectivity index (χ2n) is 6.91. The highest BCUT2D eigenvalue weighted by atomic mass is 16.5. The summed E-state index contributed by atoms with van der Waals surface area (Å²) in [4.78, 5) is 36.1. The van der Waals surface area contributed by atoms with Gasteiger partial charge in [-0.25, -0.2) is 0 Å². The molecule has 4 N–H and O–H groups in total. The molecule has 0 aliphatic carbocycles. The van der Waals surface area contributed by atoms with E-state index in [2.05, 4.69) is 21.3 Å². The number of carbonyl (C=O) groups excluding carboxylic acids is 3. The number of hydrogen-bond acceptors (Lipinski definition) is 5. The van der Waals surface area contributed by atoms with Crippen LogP contribution >= 0.6 is 0 Å². The molecule has 0 unspecified atom stereocenters. The quantitative estimate of drug-likeness (QED) is 0.390. The van der Waals surface area contributed by atoms with Crippen LogP contribution < -0.4 is 21.3 Å². The Balaban J connectivity index is 1.77. The maximum absolute atomic E-state index is 12.2. The highest BCUT2D eigenvalue weighted by Crippen LogP contribution is 2.11. The van der Waals surface area contributed by atoms with E-state index in [1.807, 2.05) is 6.92 Å². The molecular weight excluding hydrogens is 396 g/mol. The van der Waals surface area contributed by atoms with Crippen LogP contribution in [0.5, 0.6) is 0 Å². The highest BCUT2D eigenvalue weighted by molar-refractivity contribution is 5.97. The first-order valence-electron chi connectivity index (χ1n) is 10.3. The Morgan fingerprint density at radius 2 is 1.35 bits per heavy atom. The summed E-state index contributed by atoms with van der Waals surface area (Å²) >= 11 is 0. The number of benzene rings is 2. The summed E-state index contributed by atoms with van der Waals surface area (Å²) in [5, 5.41) is 11.4. The molecule has 0 atom stereocenters. The lowest BCUT2D eigenvalue weighted by molar-refractivity contribution is -0.114. The summed E-state index contributed by atoms with van der Waals surface area (Å²) in [5.41, 5.74) is 2.44. The normalized spacial score (nSPS) is 10.3. The lowest BCUT2D eigenvalue weighted by Gasteiger charge is -2.10. The van der Waals surface area contributed by atoms with Gasteiger partial charge in [-0.15, -0.1) is 0 Å². The van der Waals surface area contributed by atoms with Gasteiger partial charge in [-0.2, -0.15) is 0 Å². The molecule has 0 heterocycles. The molecule has 0 aliphatic rings. The van der Waals surface area contributed by atoms with E-state index in [-0.39, 0.29) is 24.3 Å². The van der Waals surface area contributed by atoms with E-state index in [1.54, 1.807) is 55.6 Å². The van der Waals surface area contributed by atoms with Crippen molar-refractivity contribution in [3.63, 3.8) is 0 Å². The number of nitrogens with one attached hydrogen (secondary N) is 4. The van der Waals surface area contributed by atoms with Crippen molar-refractivity contribution in [2.24, 2.45) is 0 Å². The van der Waals surface area contributed by atoms with Crippen LogP contribution in [0.1, 0.15) is 40.5 Å². The van der Waals surface area contributed by atoms with E-state index in [0.717, 1.165) is 18.5 Å². The molecule has 0 aliphatic heterocycles. The Hall–Kier alpha value is -3.39. The number of ether oxygens (including phenoxy) is 1. The van der Waals surface area contributed by atoms with Crippen LogP contribution in [0.15, 0.2) is 48.5 Å². The molecule has 0 bridgehead atoms. The van der Waals surface area contributed by atoms with Crippen molar-refractivity contribution in [3.05, 3.63) is 59.7 Å². The Morgan fingerprint density at radius 1 is 0.806 bits per heavy atom. The largest absolute Gasteiger partial charge is 0.385 e. The third kappa shape index (κ3) is 8.47. The predicted molar refractivity (Wildman–Crippen MR) is 121 cm³/mol. The summed E-state index contributed by atoms with van der Waals surface area (Å²) in [6.07, 6.45) is 1.63. The van der Waals surface area contributed by atoms with Crippen molar-refractivity contribution in [1.82, 2.24) is 10.6 Å². The first-order valence-corrected chi connectivity index (χ1v) is 10.3. The zero-order valence-electron chi connectivity index (χ0n) is 18.0. The molecular formula is C23H30N4O4. The molecule has 0 spiro atoms. The van der Waals surface area contributed by atoms with Gasteiger partial charge in [-0.3, -0.25) is 14.4 Å². The van der Waals surface area contributed by atoms with Gasteiger partial charge in [0.1, 0.15) is 0 Å². The van der Waals surface area contributed by atoms with E-state index >= 15 is 0 Å². The van der Waals surface area contributed by atoms with Crippen LogP contribution in [0.3, 0.4) is 0 Å². The molecule has 31 heavy (non-hydrogen) atoms. The Morgan fingerprint density at radius 3 is 1.90 bits per heavy atom. The summed E-state index contributed by atoms with van der Waals surface area (Å²) in [6, 6.07) is 13.6. The third-order valence-electron chi connectivity index (χ3n) is 4.38. The third-order valence-corrected chi connectivity index (χ3v) is 4.38. The van der Waals surface area contributed by atoms with E-state index < -0.39 is 0 Å². The number of methoxy groups -OCH3 is 1. The minimum Gasteiger partial charge on any atom is -0.385 e. The molecule has 8 heteroatoms. The standard InChI is InChI=1S/C23H30N4O4/c1-3-13-24-22(29)18-7-11-20(12-8-18)27-21(28)16-26-19-9-5-17(6-10-19)23(30)25-14-4-15-31-2/h5-12,26H,3-4,13-16H2,1-2H3,(H,24,29)(H,25,30)(H,27,28). The summed E-state index contributed by atoms with van der Waals surface area (Å²) in [5.74, 6) is -0.496. The molecule has 2 aromatic carbocycles. The van der Waals surface area contributed by atoms with Gasteiger partial charge in [0.2, 0.25) is 5.91 Å². The van der Waals surface area contributed by atoms with E-state index in [1.165, 1.54) is 0 Å². The topological polar surface area (TPSA) is 109 Å². The first kappa shape index (κ1) is 23.9. The van der Waals surface area contributed by atoms with Gasteiger partial charge < -0.3 is 26.0 Å². The minimum absolute atomic E-state index is 0.0707. The molecule has 0 saturated carbocycles. The second-order valence-corrected chi connectivity index (χ2v) is 6.91. The van der Waals surface area contributed by atoms with Crippen molar-refractivity contribution in [2.75, 3.05) is 44.0 Å². The molecule has 0 radical (unpaired) electrons. The SMILES string of the molecule is CCCNC(=O)c1ccc(NC(=O)CNc2ccc(C(=O)NCCCOC)cc2)cc1. The highest BCUT2D eigenvalue weighted by Gasteiger charge is 2.07. The Bertz CT molecular complexity index is 851. The van der Waals surface area contributed by atoms with Crippen LogP contribution in [0.25, 0.3) is 0 Å². The van der Waals surface area contributed by atoms with Gasteiger partial charge in [0.25, 0.3) is 11.8 Å². The zero-order valence-corrected chi connectivity index (χ0v) is 18.0. The molecule has 2 rings (SSSR count). The van der Waals surface area contributed by atoms with E-state index in [0.29, 0.717) is 36.5 Å². The van der Waals surface area contributed by atoms with Gasteiger partial charge in [0, 0.05) is 49.3 Å². The molecule has 3 amide bonds. The summed E-state index contributed by atoms with van der Waals surface area (Å²) in [6.45, 7) is 3.84. The average molecular weight is 427 g/mol. The number of hydrogen-bond donors (Lipinski definition) is 4. The second kappa shape index (κ2) is 13.0. The van der Waals surface area contributed by atoms with Gasteiger partial charge in [0.05, 0.1) is 6.54 Å². The van der Waals surface area contributed by atoms with E-state index in [9.17, 15) is 14.4 Å². The average Bonchev–Trinajstić information content (AvgIpc) is 2.79. The fourth-order valence-electron chi connectivity index (χ4n) is 2.69.